The van der Waals surface area contributed by atoms with Gasteiger partial charge in [0.2, 0.25) is 5.91 Å². The topological polar surface area (TPSA) is 72.2 Å². The highest BCUT2D eigenvalue weighted by molar-refractivity contribution is 8.00. The van der Waals surface area contributed by atoms with Crippen LogP contribution in [0.1, 0.15) is 15.9 Å². The summed E-state index contributed by atoms with van der Waals surface area (Å²) in [5.74, 6) is -1.15. The minimum atomic E-state index is -0.457. The first-order valence-corrected chi connectivity index (χ1v) is 7.53. The first-order chi connectivity index (χ1) is 10.5. The minimum absolute atomic E-state index is 0.0866. The fourth-order valence-electron chi connectivity index (χ4n) is 1.85. The molecule has 6 heteroatoms. The van der Waals surface area contributed by atoms with Crippen molar-refractivity contribution in [2.45, 2.75) is 11.8 Å². The van der Waals surface area contributed by atoms with Crippen molar-refractivity contribution in [1.29, 1.82) is 0 Å². The van der Waals surface area contributed by atoms with Crippen LogP contribution in [0.25, 0.3) is 0 Å². The van der Waals surface area contributed by atoms with E-state index in [1.165, 1.54) is 23.9 Å². The fourth-order valence-corrected chi connectivity index (χ4v) is 2.64. The Labute approximate surface area is 131 Å². The van der Waals surface area contributed by atoms with E-state index in [4.69, 9.17) is 5.73 Å². The number of aryl methyl sites for hydroxylation is 1. The van der Waals surface area contributed by atoms with Crippen molar-refractivity contribution in [3.05, 3.63) is 59.4 Å². The van der Waals surface area contributed by atoms with E-state index in [0.717, 1.165) is 5.56 Å². The summed E-state index contributed by atoms with van der Waals surface area (Å²) in [6.07, 6.45) is 0. The summed E-state index contributed by atoms with van der Waals surface area (Å²) in [7, 11) is 0. The number of primary amides is 1. The molecule has 0 unspecified atom stereocenters. The van der Waals surface area contributed by atoms with Gasteiger partial charge in [0, 0.05) is 10.6 Å². The molecule has 0 aliphatic carbocycles. The average Bonchev–Trinajstić information content (AvgIpc) is 2.49. The molecule has 0 radical (unpaired) electrons. The van der Waals surface area contributed by atoms with E-state index >= 15 is 0 Å². The molecular weight excluding hydrogens is 303 g/mol. The standard InChI is InChI=1S/C16H15FN2O2S/c1-10-6-7-11(17)8-13(10)19-16(21)12-4-2-3-5-14(12)22-9-15(18)20/h2-8H,9H2,1H3,(H2,18,20)(H,19,21). The number of anilines is 1. The van der Waals surface area contributed by atoms with Gasteiger partial charge in [-0.2, -0.15) is 0 Å². The molecule has 0 aromatic heterocycles. The number of carbonyl (C=O) groups excluding carboxylic acids is 2. The maximum Gasteiger partial charge on any atom is 0.256 e. The zero-order valence-corrected chi connectivity index (χ0v) is 12.7. The van der Waals surface area contributed by atoms with Gasteiger partial charge in [0.15, 0.2) is 0 Å². The molecule has 0 fully saturated rings. The van der Waals surface area contributed by atoms with E-state index < -0.39 is 11.7 Å². The molecule has 0 atom stereocenters. The molecule has 0 heterocycles. The number of halogens is 1. The summed E-state index contributed by atoms with van der Waals surface area (Å²) in [5, 5.41) is 2.69. The Bertz CT molecular complexity index is 719. The Balaban J connectivity index is 2.22. The minimum Gasteiger partial charge on any atom is -0.369 e. The van der Waals surface area contributed by atoms with Crippen molar-refractivity contribution in [3.8, 4) is 0 Å². The van der Waals surface area contributed by atoms with Crippen molar-refractivity contribution in [2.24, 2.45) is 5.73 Å². The summed E-state index contributed by atoms with van der Waals surface area (Å²) in [4.78, 5) is 23.9. The quantitative estimate of drug-likeness (QED) is 0.833. The first kappa shape index (κ1) is 16.0. The highest BCUT2D eigenvalue weighted by Gasteiger charge is 2.13. The monoisotopic (exact) mass is 318 g/mol. The summed E-state index contributed by atoms with van der Waals surface area (Å²) in [6, 6.07) is 11.1. The van der Waals surface area contributed by atoms with Gasteiger partial charge in [-0.3, -0.25) is 9.59 Å². The van der Waals surface area contributed by atoms with Gasteiger partial charge in [0.25, 0.3) is 5.91 Å². The van der Waals surface area contributed by atoms with Crippen LogP contribution < -0.4 is 11.1 Å². The lowest BCUT2D eigenvalue weighted by Crippen LogP contribution is -2.16. The number of amides is 2. The summed E-state index contributed by atoms with van der Waals surface area (Å²) in [6.45, 7) is 1.78. The number of rotatable bonds is 5. The van der Waals surface area contributed by atoms with E-state index in [2.05, 4.69) is 5.32 Å². The number of benzene rings is 2. The number of nitrogens with one attached hydrogen (secondary N) is 1. The maximum atomic E-state index is 13.3. The summed E-state index contributed by atoms with van der Waals surface area (Å²) >= 11 is 1.19. The predicted octanol–water partition coefficient (Wildman–Crippen LogP) is 2.96. The third kappa shape index (κ3) is 4.08. The molecule has 3 N–H and O–H groups in total. The van der Waals surface area contributed by atoms with Crippen LogP contribution in [0.2, 0.25) is 0 Å². The van der Waals surface area contributed by atoms with Crippen LogP contribution >= 0.6 is 11.8 Å². The lowest BCUT2D eigenvalue weighted by atomic mass is 10.1. The molecule has 4 nitrogen and oxygen atoms in total. The highest BCUT2D eigenvalue weighted by Crippen LogP contribution is 2.24. The molecule has 22 heavy (non-hydrogen) atoms. The zero-order valence-electron chi connectivity index (χ0n) is 11.9. The molecule has 2 amide bonds. The average molecular weight is 318 g/mol. The second kappa shape index (κ2) is 7.09. The van der Waals surface area contributed by atoms with Crippen LogP contribution in [0.15, 0.2) is 47.4 Å². The molecule has 2 aromatic carbocycles. The number of hydrogen-bond donors (Lipinski definition) is 2. The van der Waals surface area contributed by atoms with Crippen LogP contribution in [0, 0.1) is 12.7 Å². The van der Waals surface area contributed by atoms with Crippen LogP contribution in [-0.4, -0.2) is 17.6 Å². The van der Waals surface area contributed by atoms with Crippen LogP contribution in [0.3, 0.4) is 0 Å². The Morgan fingerprint density at radius 3 is 2.68 bits per heavy atom. The Kier molecular flexibility index (Phi) is 5.16. The van der Waals surface area contributed by atoms with Gasteiger partial charge in [-0.15, -0.1) is 11.8 Å². The smallest absolute Gasteiger partial charge is 0.256 e. The second-order valence-corrected chi connectivity index (χ2v) is 5.68. The van der Waals surface area contributed by atoms with Gasteiger partial charge in [0.1, 0.15) is 5.82 Å². The lowest BCUT2D eigenvalue weighted by molar-refractivity contribution is -0.115. The van der Waals surface area contributed by atoms with Crippen molar-refractivity contribution >= 4 is 29.3 Å². The van der Waals surface area contributed by atoms with Gasteiger partial charge in [-0.05, 0) is 36.8 Å². The van der Waals surface area contributed by atoms with Crippen LogP contribution in [0.4, 0.5) is 10.1 Å². The maximum absolute atomic E-state index is 13.3. The largest absolute Gasteiger partial charge is 0.369 e. The molecular formula is C16H15FN2O2S. The van der Waals surface area contributed by atoms with Crippen molar-refractivity contribution in [1.82, 2.24) is 0 Å². The van der Waals surface area contributed by atoms with E-state index in [1.807, 2.05) is 0 Å². The van der Waals surface area contributed by atoms with Crippen molar-refractivity contribution in [2.75, 3.05) is 11.1 Å². The predicted molar refractivity (Wildman–Crippen MR) is 85.5 cm³/mol. The first-order valence-electron chi connectivity index (χ1n) is 6.55. The van der Waals surface area contributed by atoms with Gasteiger partial charge in [-0.1, -0.05) is 18.2 Å². The second-order valence-electron chi connectivity index (χ2n) is 4.66. The van der Waals surface area contributed by atoms with E-state index in [-0.39, 0.29) is 11.7 Å². The van der Waals surface area contributed by atoms with E-state index in [1.54, 1.807) is 37.3 Å². The Morgan fingerprint density at radius 2 is 1.95 bits per heavy atom. The molecule has 2 rings (SSSR count). The van der Waals surface area contributed by atoms with Gasteiger partial charge < -0.3 is 11.1 Å². The SMILES string of the molecule is Cc1ccc(F)cc1NC(=O)c1ccccc1SCC(N)=O. The molecule has 0 saturated carbocycles. The normalized spacial score (nSPS) is 10.3. The molecule has 114 valence electrons. The fraction of sp³-hybridized carbons (Fsp3) is 0.125. The zero-order chi connectivity index (χ0) is 16.1. The lowest BCUT2D eigenvalue weighted by Gasteiger charge is -2.11. The molecule has 0 spiro atoms. The van der Waals surface area contributed by atoms with Gasteiger partial charge in [-0.25, -0.2) is 4.39 Å². The number of thioether (sulfide) groups is 1. The molecule has 0 bridgehead atoms. The third-order valence-electron chi connectivity index (χ3n) is 2.95. The van der Waals surface area contributed by atoms with Crippen LogP contribution in [-0.2, 0) is 4.79 Å². The molecule has 2 aromatic rings. The van der Waals surface area contributed by atoms with Crippen molar-refractivity contribution in [3.63, 3.8) is 0 Å². The number of hydrogen-bond acceptors (Lipinski definition) is 3. The van der Waals surface area contributed by atoms with Crippen LogP contribution in [0.5, 0.6) is 0 Å². The number of carbonyl (C=O) groups is 2. The molecule has 0 saturated heterocycles. The van der Waals surface area contributed by atoms with E-state index in [0.29, 0.717) is 16.1 Å². The summed E-state index contributed by atoms with van der Waals surface area (Å²) < 4.78 is 13.3. The van der Waals surface area contributed by atoms with E-state index in [9.17, 15) is 14.0 Å². The van der Waals surface area contributed by atoms with Crippen molar-refractivity contribution < 1.29 is 14.0 Å². The molecule has 0 aliphatic rings. The summed E-state index contributed by atoms with van der Waals surface area (Å²) in [5.41, 5.74) is 6.72. The van der Waals surface area contributed by atoms with Gasteiger partial charge >= 0.3 is 0 Å². The Morgan fingerprint density at radius 1 is 1.23 bits per heavy atom. The highest BCUT2D eigenvalue weighted by atomic mass is 32.2. The molecule has 0 aliphatic heterocycles. The number of nitrogens with two attached hydrogens (primary N) is 1. The van der Waals surface area contributed by atoms with Gasteiger partial charge in [0.05, 0.1) is 11.3 Å². The third-order valence-corrected chi connectivity index (χ3v) is 4.05. The Hall–Kier alpha value is -2.34.